The van der Waals surface area contributed by atoms with Crippen LogP contribution in [0.25, 0.3) is 11.3 Å². The second-order valence-corrected chi connectivity index (χ2v) is 9.61. The van der Waals surface area contributed by atoms with Gasteiger partial charge < -0.3 is 20.3 Å². The molecule has 0 radical (unpaired) electrons. The van der Waals surface area contributed by atoms with Crippen molar-refractivity contribution in [2.45, 2.75) is 26.2 Å². The number of nitrogens with one attached hydrogen (secondary N) is 2. The van der Waals surface area contributed by atoms with Crippen LogP contribution in [0.3, 0.4) is 0 Å². The SMILES string of the molecule is CCOC(=O)c1ccc2c(c1)NC(=O)C2=C(Nc1ccc(N(C)C(=O)N2CCCCC2)cc1)c1ccccc1. The molecule has 3 aromatic carbocycles. The lowest BCUT2D eigenvalue weighted by molar-refractivity contribution is -0.110. The summed E-state index contributed by atoms with van der Waals surface area (Å²) in [7, 11) is 1.79. The van der Waals surface area contributed by atoms with Crippen molar-refractivity contribution in [3.8, 4) is 0 Å². The van der Waals surface area contributed by atoms with Crippen molar-refractivity contribution in [2.75, 3.05) is 42.3 Å². The average Bonchev–Trinajstić information content (AvgIpc) is 3.31. The second kappa shape index (κ2) is 11.4. The van der Waals surface area contributed by atoms with Crippen LogP contribution in [0.15, 0.2) is 72.8 Å². The van der Waals surface area contributed by atoms with Crippen LogP contribution in [0.4, 0.5) is 21.9 Å². The van der Waals surface area contributed by atoms with Gasteiger partial charge in [-0.05, 0) is 68.1 Å². The van der Waals surface area contributed by atoms with E-state index < -0.39 is 5.97 Å². The van der Waals surface area contributed by atoms with Crippen LogP contribution in [0, 0.1) is 0 Å². The van der Waals surface area contributed by atoms with Crippen molar-refractivity contribution < 1.29 is 19.1 Å². The van der Waals surface area contributed by atoms with Crippen molar-refractivity contribution in [1.29, 1.82) is 0 Å². The normalized spacial score (nSPS) is 15.7. The van der Waals surface area contributed by atoms with Gasteiger partial charge in [0.15, 0.2) is 0 Å². The lowest BCUT2D eigenvalue weighted by Gasteiger charge is -2.31. The monoisotopic (exact) mass is 524 g/mol. The summed E-state index contributed by atoms with van der Waals surface area (Å²) in [6.07, 6.45) is 3.25. The molecule has 2 heterocycles. The number of hydrogen-bond acceptors (Lipinski definition) is 5. The topological polar surface area (TPSA) is 91.0 Å². The number of esters is 1. The number of ether oxygens (including phenoxy) is 1. The number of piperidine rings is 1. The molecule has 3 aromatic rings. The Labute approximate surface area is 228 Å². The number of benzene rings is 3. The first-order chi connectivity index (χ1) is 19.0. The summed E-state index contributed by atoms with van der Waals surface area (Å²) in [6.45, 7) is 3.61. The van der Waals surface area contributed by atoms with Gasteiger partial charge in [0.1, 0.15) is 0 Å². The summed E-state index contributed by atoms with van der Waals surface area (Å²) in [5.41, 5.74) is 5.16. The van der Waals surface area contributed by atoms with E-state index in [9.17, 15) is 14.4 Å². The number of carbonyl (C=O) groups excluding carboxylic acids is 3. The zero-order chi connectivity index (χ0) is 27.4. The van der Waals surface area contributed by atoms with E-state index >= 15 is 0 Å². The summed E-state index contributed by atoms with van der Waals surface area (Å²) in [4.78, 5) is 42.0. The number of nitrogens with zero attached hydrogens (tertiary/aromatic N) is 2. The molecule has 1 saturated heterocycles. The van der Waals surface area contributed by atoms with Gasteiger partial charge in [0.25, 0.3) is 5.91 Å². The number of carbonyl (C=O) groups is 3. The molecule has 5 rings (SSSR count). The minimum atomic E-state index is -0.433. The maximum atomic E-state index is 13.2. The van der Waals surface area contributed by atoms with Gasteiger partial charge in [-0.2, -0.15) is 0 Å². The predicted octanol–water partition coefficient (Wildman–Crippen LogP) is 5.84. The molecule has 0 aliphatic carbocycles. The molecule has 2 aliphatic rings. The van der Waals surface area contributed by atoms with Crippen LogP contribution in [0.2, 0.25) is 0 Å². The third-order valence-corrected chi connectivity index (χ3v) is 7.03. The zero-order valence-corrected chi connectivity index (χ0v) is 22.2. The van der Waals surface area contributed by atoms with Crippen molar-refractivity contribution in [1.82, 2.24) is 4.90 Å². The highest BCUT2D eigenvalue weighted by Crippen LogP contribution is 2.38. The molecule has 3 amide bonds. The van der Waals surface area contributed by atoms with Gasteiger partial charge in [0.2, 0.25) is 0 Å². The first kappa shape index (κ1) is 26.0. The molecule has 1 fully saturated rings. The summed E-state index contributed by atoms with van der Waals surface area (Å²) in [6, 6.07) is 22.3. The molecule has 39 heavy (non-hydrogen) atoms. The highest BCUT2D eigenvalue weighted by molar-refractivity contribution is 6.37. The molecule has 8 nitrogen and oxygen atoms in total. The molecule has 2 N–H and O–H groups in total. The first-order valence-corrected chi connectivity index (χ1v) is 13.3. The van der Waals surface area contributed by atoms with Gasteiger partial charge in [-0.15, -0.1) is 0 Å². The Bertz CT molecular complexity index is 1410. The minimum Gasteiger partial charge on any atom is -0.462 e. The minimum absolute atomic E-state index is 0.00363. The van der Waals surface area contributed by atoms with Gasteiger partial charge in [-0.25, -0.2) is 9.59 Å². The lowest BCUT2D eigenvalue weighted by Crippen LogP contribution is -2.43. The third-order valence-electron chi connectivity index (χ3n) is 7.03. The molecule has 0 unspecified atom stereocenters. The standard InChI is InChI=1S/C31H32N4O4/c1-3-39-30(37)22-12-17-25-26(20-22)33-29(36)27(25)28(21-10-6-4-7-11-21)32-23-13-15-24(16-14-23)34(2)31(38)35-18-8-5-9-19-35/h4,6-7,10-17,20,32H,3,5,8-9,18-19H2,1-2H3,(H,33,36). The van der Waals surface area contributed by atoms with Crippen molar-refractivity contribution in [3.05, 3.63) is 89.5 Å². The van der Waals surface area contributed by atoms with Gasteiger partial charge in [0.05, 0.1) is 29.1 Å². The first-order valence-electron chi connectivity index (χ1n) is 13.3. The highest BCUT2D eigenvalue weighted by atomic mass is 16.5. The van der Waals surface area contributed by atoms with E-state index in [-0.39, 0.29) is 18.5 Å². The quantitative estimate of drug-likeness (QED) is 0.312. The van der Waals surface area contributed by atoms with Crippen molar-refractivity contribution in [3.63, 3.8) is 0 Å². The molecule has 0 spiro atoms. The van der Waals surface area contributed by atoms with Gasteiger partial charge in [0, 0.05) is 37.1 Å². The van der Waals surface area contributed by atoms with Gasteiger partial charge in [-0.1, -0.05) is 36.4 Å². The van der Waals surface area contributed by atoms with Crippen LogP contribution in [-0.2, 0) is 9.53 Å². The van der Waals surface area contributed by atoms with Gasteiger partial charge in [-0.3, -0.25) is 9.69 Å². The van der Waals surface area contributed by atoms with Crippen molar-refractivity contribution in [2.24, 2.45) is 0 Å². The Morgan fingerprint density at radius 3 is 2.36 bits per heavy atom. The lowest BCUT2D eigenvalue weighted by atomic mass is 9.99. The molecule has 0 saturated carbocycles. The fourth-order valence-electron chi connectivity index (χ4n) is 4.97. The van der Waals surface area contributed by atoms with E-state index in [0.29, 0.717) is 28.1 Å². The average molecular weight is 525 g/mol. The highest BCUT2D eigenvalue weighted by Gasteiger charge is 2.29. The number of urea groups is 1. The second-order valence-electron chi connectivity index (χ2n) is 9.61. The van der Waals surface area contributed by atoms with E-state index in [4.69, 9.17) is 4.74 Å². The Balaban J connectivity index is 1.45. The molecule has 2 aliphatic heterocycles. The van der Waals surface area contributed by atoms with Crippen molar-refractivity contribution >= 4 is 46.2 Å². The number of fused-ring (bicyclic) bond motifs is 1. The Morgan fingerprint density at radius 2 is 1.67 bits per heavy atom. The molecule has 0 aromatic heterocycles. The van der Waals surface area contributed by atoms with E-state index in [1.807, 2.05) is 59.5 Å². The van der Waals surface area contributed by atoms with Crippen LogP contribution in [0.1, 0.15) is 47.7 Å². The van der Waals surface area contributed by atoms with Crippen LogP contribution >= 0.6 is 0 Å². The number of likely N-dealkylation sites (tertiary alicyclic amines) is 1. The molecule has 8 heteroatoms. The molecule has 200 valence electrons. The largest absolute Gasteiger partial charge is 0.462 e. The van der Waals surface area contributed by atoms with Crippen LogP contribution in [0.5, 0.6) is 0 Å². The van der Waals surface area contributed by atoms with E-state index in [1.165, 1.54) is 6.42 Å². The summed E-state index contributed by atoms with van der Waals surface area (Å²) >= 11 is 0. The number of anilines is 3. The maximum Gasteiger partial charge on any atom is 0.338 e. The Morgan fingerprint density at radius 1 is 0.949 bits per heavy atom. The van der Waals surface area contributed by atoms with E-state index in [0.717, 1.165) is 42.9 Å². The van der Waals surface area contributed by atoms with Crippen LogP contribution < -0.4 is 15.5 Å². The van der Waals surface area contributed by atoms with E-state index in [2.05, 4.69) is 10.6 Å². The van der Waals surface area contributed by atoms with E-state index in [1.54, 1.807) is 37.1 Å². The maximum absolute atomic E-state index is 13.2. The summed E-state index contributed by atoms with van der Waals surface area (Å²) < 4.78 is 5.11. The smallest absolute Gasteiger partial charge is 0.338 e. The fraction of sp³-hybridized carbons (Fsp3) is 0.258. The Kier molecular flexibility index (Phi) is 7.63. The molecular formula is C31H32N4O4. The summed E-state index contributed by atoms with van der Waals surface area (Å²) in [5.74, 6) is -0.696. The van der Waals surface area contributed by atoms with Crippen LogP contribution in [-0.4, -0.2) is 49.6 Å². The fourth-order valence-corrected chi connectivity index (χ4v) is 4.97. The number of rotatable bonds is 6. The number of hydrogen-bond donors (Lipinski definition) is 2. The molecule has 0 atom stereocenters. The molecular weight excluding hydrogens is 492 g/mol. The third kappa shape index (κ3) is 5.50. The summed E-state index contributed by atoms with van der Waals surface area (Å²) in [5, 5.41) is 6.33. The Hall–Kier alpha value is -4.59. The molecule has 0 bridgehead atoms. The number of amides is 3. The zero-order valence-electron chi connectivity index (χ0n) is 22.2. The predicted molar refractivity (Wildman–Crippen MR) is 154 cm³/mol. The van der Waals surface area contributed by atoms with Gasteiger partial charge >= 0.3 is 12.0 Å².